The number of aromatic nitrogens is 1. The van der Waals surface area contributed by atoms with E-state index >= 15 is 0 Å². The molecule has 2 aromatic rings. The Morgan fingerprint density at radius 2 is 1.93 bits per heavy atom. The molecule has 2 heterocycles. The third kappa shape index (κ3) is 4.83. The van der Waals surface area contributed by atoms with Crippen molar-refractivity contribution in [1.82, 2.24) is 14.8 Å². The summed E-state index contributed by atoms with van der Waals surface area (Å²) in [7, 11) is 0. The number of nitrogens with zero attached hydrogens (tertiary/aromatic N) is 2. The Kier molecular flexibility index (Phi) is 6.92. The maximum Gasteiger partial charge on any atom is 0.253 e. The fourth-order valence-electron chi connectivity index (χ4n) is 3.84. The van der Waals surface area contributed by atoms with Gasteiger partial charge in [-0.15, -0.1) is 0 Å². The number of morpholine rings is 1. The first-order valence-corrected chi connectivity index (χ1v) is 10.3. The highest BCUT2D eigenvalue weighted by atomic mass is 16.5. The molecule has 0 saturated carbocycles. The van der Waals surface area contributed by atoms with Crippen molar-refractivity contribution in [2.45, 2.75) is 40.0 Å². The van der Waals surface area contributed by atoms with Gasteiger partial charge in [-0.2, -0.15) is 0 Å². The van der Waals surface area contributed by atoms with Crippen molar-refractivity contribution >= 4 is 5.91 Å². The van der Waals surface area contributed by atoms with Crippen LogP contribution in [-0.2, 0) is 4.74 Å². The molecule has 5 heteroatoms. The highest BCUT2D eigenvalue weighted by molar-refractivity contribution is 5.95. The van der Waals surface area contributed by atoms with E-state index in [-0.39, 0.29) is 5.91 Å². The largest absolute Gasteiger partial charge is 0.379 e. The van der Waals surface area contributed by atoms with Gasteiger partial charge in [0.1, 0.15) is 0 Å². The highest BCUT2D eigenvalue weighted by Gasteiger charge is 2.17. The van der Waals surface area contributed by atoms with E-state index < -0.39 is 0 Å². The number of carbonyl (C=O) groups is 1. The number of aryl methyl sites for hydroxylation is 1. The normalized spacial score (nSPS) is 15.2. The van der Waals surface area contributed by atoms with E-state index in [1.807, 2.05) is 13.0 Å². The fraction of sp³-hybridized carbons (Fsp3) is 0.522. The molecule has 3 rings (SSSR count). The summed E-state index contributed by atoms with van der Waals surface area (Å²) in [6.07, 6.45) is 0.959. The van der Waals surface area contributed by atoms with Crippen molar-refractivity contribution < 1.29 is 9.53 Å². The van der Waals surface area contributed by atoms with Crippen LogP contribution in [0, 0.1) is 13.8 Å². The molecule has 5 nitrogen and oxygen atoms in total. The molecular weight excluding hydrogens is 350 g/mol. The molecule has 1 saturated heterocycles. The average molecular weight is 384 g/mol. The zero-order chi connectivity index (χ0) is 20.1. The summed E-state index contributed by atoms with van der Waals surface area (Å²) >= 11 is 0. The average Bonchev–Trinajstić information content (AvgIpc) is 3.00. The van der Waals surface area contributed by atoms with Crippen LogP contribution in [0.3, 0.4) is 0 Å². The van der Waals surface area contributed by atoms with Crippen LogP contribution in [0.5, 0.6) is 0 Å². The first kappa shape index (κ1) is 20.6. The molecule has 0 bridgehead atoms. The zero-order valence-corrected chi connectivity index (χ0v) is 17.6. The lowest BCUT2D eigenvalue weighted by Gasteiger charge is -2.26. The highest BCUT2D eigenvalue weighted by Crippen LogP contribution is 2.24. The second-order valence-electron chi connectivity index (χ2n) is 7.93. The van der Waals surface area contributed by atoms with E-state index in [1.165, 1.54) is 5.56 Å². The van der Waals surface area contributed by atoms with Crippen molar-refractivity contribution in [2.24, 2.45) is 0 Å². The summed E-state index contributed by atoms with van der Waals surface area (Å²) in [5, 5.41) is 3.09. The predicted molar refractivity (Wildman–Crippen MR) is 114 cm³/mol. The molecule has 1 N–H and O–H groups in total. The van der Waals surface area contributed by atoms with Crippen LogP contribution in [0.15, 0.2) is 30.3 Å². The molecule has 0 aliphatic carbocycles. The van der Waals surface area contributed by atoms with Gasteiger partial charge in [0.2, 0.25) is 0 Å². The molecule has 1 aliphatic heterocycles. The second-order valence-corrected chi connectivity index (χ2v) is 7.93. The minimum Gasteiger partial charge on any atom is -0.379 e. The van der Waals surface area contributed by atoms with Gasteiger partial charge in [-0.3, -0.25) is 9.69 Å². The Hall–Kier alpha value is -2.11. The van der Waals surface area contributed by atoms with Crippen molar-refractivity contribution in [3.63, 3.8) is 0 Å². The minimum atomic E-state index is 0.0151. The molecule has 1 fully saturated rings. The maximum atomic E-state index is 12.7. The number of nitrogens with one attached hydrogen (secondary N) is 1. The van der Waals surface area contributed by atoms with Gasteiger partial charge in [0.15, 0.2) is 0 Å². The minimum absolute atomic E-state index is 0.0151. The summed E-state index contributed by atoms with van der Waals surface area (Å²) in [6.45, 7) is 13.8. The standard InChI is InChI=1S/C23H33N3O2/c1-17(2)20-7-5-8-21(16-20)26-18(3)15-22(19(26)4)23(27)24-9-6-10-25-11-13-28-14-12-25/h5,7-8,15-17H,6,9-14H2,1-4H3,(H,24,27). The number of ether oxygens (including phenoxy) is 1. The Labute approximate surface area is 168 Å². The molecule has 0 spiro atoms. The van der Waals surface area contributed by atoms with E-state index in [0.717, 1.165) is 61.9 Å². The van der Waals surface area contributed by atoms with Crippen molar-refractivity contribution in [3.05, 3.63) is 52.8 Å². The number of carbonyl (C=O) groups excluding carboxylic acids is 1. The predicted octanol–water partition coefficient (Wildman–Crippen LogP) is 3.67. The van der Waals surface area contributed by atoms with Crippen LogP contribution in [0.4, 0.5) is 0 Å². The molecule has 1 aromatic heterocycles. The smallest absolute Gasteiger partial charge is 0.253 e. The van der Waals surface area contributed by atoms with Crippen LogP contribution in [0.2, 0.25) is 0 Å². The first-order valence-electron chi connectivity index (χ1n) is 10.3. The molecule has 1 aliphatic rings. The Bertz CT molecular complexity index is 804. The lowest BCUT2D eigenvalue weighted by Crippen LogP contribution is -2.38. The van der Waals surface area contributed by atoms with Crippen LogP contribution < -0.4 is 5.32 Å². The maximum absolute atomic E-state index is 12.7. The summed E-state index contributed by atoms with van der Waals surface area (Å²) in [5.41, 5.74) is 5.26. The summed E-state index contributed by atoms with van der Waals surface area (Å²) in [6, 6.07) is 10.6. The third-order valence-corrected chi connectivity index (χ3v) is 5.51. The van der Waals surface area contributed by atoms with Crippen molar-refractivity contribution in [2.75, 3.05) is 39.4 Å². The van der Waals surface area contributed by atoms with Crippen LogP contribution in [-0.4, -0.2) is 54.8 Å². The van der Waals surface area contributed by atoms with E-state index in [2.05, 4.69) is 59.8 Å². The number of hydrogen-bond acceptors (Lipinski definition) is 3. The fourth-order valence-corrected chi connectivity index (χ4v) is 3.84. The molecule has 0 unspecified atom stereocenters. The number of rotatable bonds is 7. The summed E-state index contributed by atoms with van der Waals surface area (Å²) in [5.74, 6) is 0.492. The Morgan fingerprint density at radius 1 is 1.18 bits per heavy atom. The molecule has 28 heavy (non-hydrogen) atoms. The van der Waals surface area contributed by atoms with Gasteiger partial charge in [0, 0.05) is 36.7 Å². The van der Waals surface area contributed by atoms with E-state index in [4.69, 9.17) is 4.74 Å². The van der Waals surface area contributed by atoms with E-state index in [9.17, 15) is 4.79 Å². The first-order chi connectivity index (χ1) is 13.5. The van der Waals surface area contributed by atoms with Crippen LogP contribution in [0.1, 0.15) is 53.5 Å². The summed E-state index contributed by atoms with van der Waals surface area (Å²) in [4.78, 5) is 15.1. The van der Waals surface area contributed by atoms with E-state index in [1.54, 1.807) is 0 Å². The summed E-state index contributed by atoms with van der Waals surface area (Å²) < 4.78 is 7.55. The quantitative estimate of drug-likeness (QED) is 0.742. The van der Waals surface area contributed by atoms with Crippen LogP contribution in [0.25, 0.3) is 5.69 Å². The topological polar surface area (TPSA) is 46.5 Å². The number of amides is 1. The van der Waals surface area contributed by atoms with Gasteiger partial charge in [-0.1, -0.05) is 26.0 Å². The Balaban J connectivity index is 1.64. The molecular formula is C23H33N3O2. The monoisotopic (exact) mass is 383 g/mol. The van der Waals surface area contributed by atoms with Crippen molar-refractivity contribution in [1.29, 1.82) is 0 Å². The SMILES string of the molecule is Cc1cc(C(=O)NCCCN2CCOCC2)c(C)n1-c1cccc(C(C)C)c1. The second kappa shape index (κ2) is 9.39. The molecule has 1 amide bonds. The lowest BCUT2D eigenvalue weighted by atomic mass is 10.0. The molecule has 0 radical (unpaired) electrons. The zero-order valence-electron chi connectivity index (χ0n) is 17.6. The lowest BCUT2D eigenvalue weighted by molar-refractivity contribution is 0.0374. The van der Waals surface area contributed by atoms with Crippen LogP contribution >= 0.6 is 0 Å². The van der Waals surface area contributed by atoms with Gasteiger partial charge in [-0.25, -0.2) is 0 Å². The van der Waals surface area contributed by atoms with Gasteiger partial charge in [0.05, 0.1) is 18.8 Å². The van der Waals surface area contributed by atoms with Gasteiger partial charge >= 0.3 is 0 Å². The van der Waals surface area contributed by atoms with Gasteiger partial charge in [-0.05, 0) is 56.5 Å². The molecule has 152 valence electrons. The molecule has 1 aromatic carbocycles. The third-order valence-electron chi connectivity index (χ3n) is 5.51. The van der Waals surface area contributed by atoms with Gasteiger partial charge < -0.3 is 14.6 Å². The van der Waals surface area contributed by atoms with Crippen molar-refractivity contribution in [3.8, 4) is 5.69 Å². The number of hydrogen-bond donors (Lipinski definition) is 1. The molecule has 0 atom stereocenters. The van der Waals surface area contributed by atoms with Gasteiger partial charge in [0.25, 0.3) is 5.91 Å². The Morgan fingerprint density at radius 3 is 2.64 bits per heavy atom. The number of benzene rings is 1. The van der Waals surface area contributed by atoms with E-state index in [0.29, 0.717) is 12.5 Å².